The van der Waals surface area contributed by atoms with E-state index in [1.54, 1.807) is 0 Å². The number of rotatable bonds is 2. The quantitative estimate of drug-likeness (QED) is 0.853. The zero-order valence-corrected chi connectivity index (χ0v) is 9.97. The van der Waals surface area contributed by atoms with Crippen molar-refractivity contribution in [3.63, 3.8) is 0 Å². The molecule has 2 N–H and O–H groups in total. The molecule has 1 aliphatic rings. The molecule has 0 spiro atoms. The fraction of sp³-hybridized carbons (Fsp3) is 0.333. The molecule has 1 unspecified atom stereocenters. The molecule has 88 valence electrons. The summed E-state index contributed by atoms with van der Waals surface area (Å²) in [5, 5.41) is 2.67. The van der Waals surface area contributed by atoms with Crippen LogP contribution in [0.1, 0.15) is 6.42 Å². The van der Waals surface area contributed by atoms with E-state index in [1.165, 1.54) is 22.9 Å². The molecule has 0 aliphatic carbocycles. The lowest BCUT2D eigenvalue weighted by Gasteiger charge is -2.20. The van der Waals surface area contributed by atoms with Gasteiger partial charge in [-0.2, -0.15) is 0 Å². The Kier molecular flexibility index (Phi) is 2.73. The Bertz CT molecular complexity index is 516. The van der Waals surface area contributed by atoms with E-state index in [9.17, 15) is 0 Å². The first-order valence-corrected chi connectivity index (χ1v) is 6.31. The molecule has 0 bridgehead atoms. The highest BCUT2D eigenvalue weighted by molar-refractivity contribution is 5.94. The van der Waals surface area contributed by atoms with Gasteiger partial charge in [0.2, 0.25) is 0 Å². The highest BCUT2D eigenvalue weighted by Crippen LogP contribution is 2.30. The second-order valence-electron chi connectivity index (χ2n) is 4.83. The van der Waals surface area contributed by atoms with E-state index in [2.05, 4.69) is 47.4 Å². The summed E-state index contributed by atoms with van der Waals surface area (Å²) in [6.07, 6.45) is 1.22. The molecule has 2 nitrogen and oxygen atoms in total. The van der Waals surface area contributed by atoms with E-state index < -0.39 is 0 Å². The molecular formula is C15H18N2. The lowest BCUT2D eigenvalue weighted by molar-refractivity contribution is 0.603. The second-order valence-corrected chi connectivity index (χ2v) is 4.83. The zero-order chi connectivity index (χ0) is 11.7. The molecule has 0 aromatic heterocycles. The van der Waals surface area contributed by atoms with Gasteiger partial charge in [-0.15, -0.1) is 0 Å². The molecule has 1 fully saturated rings. The minimum atomic E-state index is 0.661. The van der Waals surface area contributed by atoms with Crippen LogP contribution in [-0.2, 0) is 0 Å². The summed E-state index contributed by atoms with van der Waals surface area (Å²) < 4.78 is 0. The number of nitrogens with two attached hydrogens (primary N) is 1. The third kappa shape index (κ3) is 1.89. The lowest BCUT2D eigenvalue weighted by atomic mass is 10.1. The Morgan fingerprint density at radius 3 is 2.76 bits per heavy atom. The smallest absolute Gasteiger partial charge is 0.0445 e. The maximum atomic E-state index is 5.76. The Balaban J connectivity index is 2.00. The van der Waals surface area contributed by atoms with Crippen molar-refractivity contribution in [2.24, 2.45) is 11.7 Å². The Morgan fingerprint density at radius 1 is 1.12 bits per heavy atom. The molecule has 0 saturated carbocycles. The van der Waals surface area contributed by atoms with Gasteiger partial charge in [0.25, 0.3) is 0 Å². The van der Waals surface area contributed by atoms with Crippen molar-refractivity contribution in [2.45, 2.75) is 6.42 Å². The first kappa shape index (κ1) is 10.6. The highest BCUT2D eigenvalue weighted by Gasteiger charge is 2.22. The molecule has 1 aliphatic heterocycles. The van der Waals surface area contributed by atoms with Crippen LogP contribution < -0.4 is 10.6 Å². The molecule has 1 saturated heterocycles. The average molecular weight is 226 g/mol. The van der Waals surface area contributed by atoms with E-state index in [4.69, 9.17) is 5.73 Å². The predicted molar refractivity (Wildman–Crippen MR) is 73.3 cm³/mol. The molecule has 1 atom stereocenters. The fourth-order valence-electron chi connectivity index (χ4n) is 2.73. The normalized spacial score (nSPS) is 20.1. The number of hydrogen-bond acceptors (Lipinski definition) is 2. The van der Waals surface area contributed by atoms with Crippen molar-refractivity contribution in [2.75, 3.05) is 24.5 Å². The van der Waals surface area contributed by atoms with Gasteiger partial charge >= 0.3 is 0 Å². The largest absolute Gasteiger partial charge is 0.371 e. The third-order valence-corrected chi connectivity index (χ3v) is 3.73. The summed E-state index contributed by atoms with van der Waals surface area (Å²) in [6, 6.07) is 15.1. The molecule has 0 radical (unpaired) electrons. The number of hydrogen-bond donors (Lipinski definition) is 1. The summed E-state index contributed by atoms with van der Waals surface area (Å²) in [6.45, 7) is 3.04. The van der Waals surface area contributed by atoms with Crippen LogP contribution in [0.25, 0.3) is 10.8 Å². The van der Waals surface area contributed by atoms with Gasteiger partial charge in [0, 0.05) is 24.2 Å². The van der Waals surface area contributed by atoms with Gasteiger partial charge < -0.3 is 10.6 Å². The van der Waals surface area contributed by atoms with Gasteiger partial charge in [0.1, 0.15) is 0 Å². The topological polar surface area (TPSA) is 29.3 Å². The van der Waals surface area contributed by atoms with Crippen LogP contribution in [-0.4, -0.2) is 19.6 Å². The second kappa shape index (κ2) is 4.38. The van der Waals surface area contributed by atoms with Crippen molar-refractivity contribution in [1.29, 1.82) is 0 Å². The molecular weight excluding hydrogens is 208 g/mol. The zero-order valence-electron chi connectivity index (χ0n) is 9.97. The maximum absolute atomic E-state index is 5.76. The van der Waals surface area contributed by atoms with Crippen molar-refractivity contribution < 1.29 is 0 Å². The number of anilines is 1. The van der Waals surface area contributed by atoms with Crippen LogP contribution in [0.15, 0.2) is 42.5 Å². The Morgan fingerprint density at radius 2 is 1.94 bits per heavy atom. The van der Waals surface area contributed by atoms with Gasteiger partial charge in [-0.3, -0.25) is 0 Å². The van der Waals surface area contributed by atoms with Crippen LogP contribution in [0.5, 0.6) is 0 Å². The van der Waals surface area contributed by atoms with Crippen molar-refractivity contribution >= 4 is 16.5 Å². The summed E-state index contributed by atoms with van der Waals surface area (Å²) >= 11 is 0. The summed E-state index contributed by atoms with van der Waals surface area (Å²) in [4.78, 5) is 2.47. The predicted octanol–water partition coefficient (Wildman–Crippen LogP) is 2.62. The number of benzene rings is 2. The highest BCUT2D eigenvalue weighted by atomic mass is 15.2. The third-order valence-electron chi connectivity index (χ3n) is 3.73. The van der Waals surface area contributed by atoms with Crippen molar-refractivity contribution in [3.8, 4) is 0 Å². The summed E-state index contributed by atoms with van der Waals surface area (Å²) in [5.41, 5.74) is 7.12. The maximum Gasteiger partial charge on any atom is 0.0445 e. The van der Waals surface area contributed by atoms with Crippen molar-refractivity contribution in [3.05, 3.63) is 42.5 Å². The van der Waals surface area contributed by atoms with Crippen LogP contribution in [0, 0.1) is 5.92 Å². The Hall–Kier alpha value is -1.54. The van der Waals surface area contributed by atoms with Gasteiger partial charge in [-0.1, -0.05) is 36.4 Å². The average Bonchev–Trinajstić information content (AvgIpc) is 2.87. The fourth-order valence-corrected chi connectivity index (χ4v) is 2.73. The van der Waals surface area contributed by atoms with Crippen LogP contribution >= 0.6 is 0 Å². The van der Waals surface area contributed by atoms with Gasteiger partial charge in [-0.05, 0) is 30.3 Å². The number of nitrogens with zero attached hydrogens (tertiary/aromatic N) is 1. The van der Waals surface area contributed by atoms with Crippen LogP contribution in [0.3, 0.4) is 0 Å². The lowest BCUT2D eigenvalue weighted by Crippen LogP contribution is -2.22. The minimum absolute atomic E-state index is 0.661. The standard InChI is InChI=1S/C15H18N2/c16-10-12-8-9-17(11-12)15-7-3-5-13-4-1-2-6-14(13)15/h1-7,12H,8-11,16H2. The van der Waals surface area contributed by atoms with E-state index in [-0.39, 0.29) is 0 Å². The molecule has 0 amide bonds. The monoisotopic (exact) mass is 226 g/mol. The first-order chi connectivity index (χ1) is 8.38. The van der Waals surface area contributed by atoms with Crippen molar-refractivity contribution in [1.82, 2.24) is 0 Å². The van der Waals surface area contributed by atoms with Gasteiger partial charge in [-0.25, -0.2) is 0 Å². The molecule has 2 aromatic rings. The van der Waals surface area contributed by atoms with Crippen LogP contribution in [0.2, 0.25) is 0 Å². The molecule has 3 rings (SSSR count). The Labute approximate surface area is 102 Å². The summed E-state index contributed by atoms with van der Waals surface area (Å²) in [5.74, 6) is 0.661. The molecule has 2 heteroatoms. The van der Waals surface area contributed by atoms with E-state index >= 15 is 0 Å². The summed E-state index contributed by atoms with van der Waals surface area (Å²) in [7, 11) is 0. The van der Waals surface area contributed by atoms with Crippen LogP contribution in [0.4, 0.5) is 5.69 Å². The van der Waals surface area contributed by atoms with E-state index in [1.807, 2.05) is 0 Å². The first-order valence-electron chi connectivity index (χ1n) is 6.31. The van der Waals surface area contributed by atoms with Gasteiger partial charge in [0.05, 0.1) is 0 Å². The molecule has 1 heterocycles. The van der Waals surface area contributed by atoms with E-state index in [0.29, 0.717) is 5.92 Å². The van der Waals surface area contributed by atoms with E-state index in [0.717, 1.165) is 19.6 Å². The minimum Gasteiger partial charge on any atom is -0.371 e. The molecule has 17 heavy (non-hydrogen) atoms. The van der Waals surface area contributed by atoms with Gasteiger partial charge in [0.15, 0.2) is 0 Å². The number of fused-ring (bicyclic) bond motifs is 1. The molecule has 2 aromatic carbocycles. The SMILES string of the molecule is NCC1CCN(c2cccc3ccccc23)C1.